The Morgan fingerprint density at radius 3 is 2.68 bits per heavy atom. The fourth-order valence-corrected chi connectivity index (χ4v) is 3.51. The summed E-state index contributed by atoms with van der Waals surface area (Å²) < 4.78 is 7.36. The fourth-order valence-electron chi connectivity index (χ4n) is 2.75. The third kappa shape index (κ3) is 4.41. The topological polar surface area (TPSA) is 107 Å². The SMILES string of the molecule is C[Si](C)(C)CCOCn1ncc2cc(-c3ccc(C#N)nc3)c([N+](=O)[O-])cc21. The number of nitro groups is 1. The van der Waals surface area contributed by atoms with Crippen LogP contribution in [0.4, 0.5) is 5.69 Å². The molecule has 0 saturated carbocycles. The summed E-state index contributed by atoms with van der Waals surface area (Å²) in [6, 6.07) is 9.42. The number of nitrogens with zero attached hydrogens (tertiary/aromatic N) is 5. The van der Waals surface area contributed by atoms with Gasteiger partial charge in [-0.1, -0.05) is 19.6 Å². The van der Waals surface area contributed by atoms with E-state index in [-0.39, 0.29) is 18.1 Å². The lowest BCUT2D eigenvalue weighted by molar-refractivity contribution is -0.384. The number of pyridine rings is 1. The van der Waals surface area contributed by atoms with Gasteiger partial charge in [-0.15, -0.1) is 0 Å². The van der Waals surface area contributed by atoms with Crippen molar-refractivity contribution in [1.29, 1.82) is 5.26 Å². The summed E-state index contributed by atoms with van der Waals surface area (Å²) in [5.74, 6) is 0. The fraction of sp³-hybridized carbons (Fsp3) is 0.316. The van der Waals surface area contributed by atoms with Crippen LogP contribution in [0.2, 0.25) is 25.7 Å². The van der Waals surface area contributed by atoms with Crippen LogP contribution in [-0.2, 0) is 11.5 Å². The molecule has 0 aliphatic heterocycles. The molecular formula is C19H21N5O3Si. The van der Waals surface area contributed by atoms with Gasteiger partial charge in [0.2, 0.25) is 0 Å². The van der Waals surface area contributed by atoms with Gasteiger partial charge in [0.1, 0.15) is 18.5 Å². The second-order valence-electron chi connectivity index (χ2n) is 7.72. The standard InChI is InChI=1S/C19H21N5O3Si/c1-28(2,3)7-6-27-13-23-18-9-19(24(25)26)17(8-15(18)12-22-23)14-4-5-16(10-20)21-11-14/h4-5,8-9,11-12H,6-7,13H2,1-3H3. The van der Waals surface area contributed by atoms with Crippen LogP contribution in [0.1, 0.15) is 5.69 Å². The number of hydrogen-bond acceptors (Lipinski definition) is 6. The summed E-state index contributed by atoms with van der Waals surface area (Å²) in [4.78, 5) is 15.2. The smallest absolute Gasteiger partial charge is 0.279 e. The highest BCUT2D eigenvalue weighted by Crippen LogP contribution is 2.33. The maximum Gasteiger partial charge on any atom is 0.279 e. The summed E-state index contributed by atoms with van der Waals surface area (Å²) in [5.41, 5.74) is 1.88. The molecule has 0 bridgehead atoms. The van der Waals surface area contributed by atoms with E-state index in [1.54, 1.807) is 29.1 Å². The minimum atomic E-state index is -1.18. The quantitative estimate of drug-likeness (QED) is 0.257. The minimum Gasteiger partial charge on any atom is -0.360 e. The molecule has 0 spiro atoms. The van der Waals surface area contributed by atoms with Crippen molar-refractivity contribution in [3.05, 3.63) is 52.5 Å². The largest absolute Gasteiger partial charge is 0.360 e. The molecule has 144 valence electrons. The molecule has 3 aromatic rings. The van der Waals surface area contributed by atoms with Gasteiger partial charge in [0, 0.05) is 37.9 Å². The Hall–Kier alpha value is -3.09. The second-order valence-corrected chi connectivity index (χ2v) is 13.3. The first kappa shape index (κ1) is 19.7. The molecule has 2 heterocycles. The van der Waals surface area contributed by atoms with E-state index in [1.807, 2.05) is 6.07 Å². The number of benzene rings is 1. The van der Waals surface area contributed by atoms with Gasteiger partial charge >= 0.3 is 0 Å². The zero-order valence-electron chi connectivity index (χ0n) is 16.0. The van der Waals surface area contributed by atoms with Gasteiger partial charge in [-0.25, -0.2) is 9.67 Å². The van der Waals surface area contributed by atoms with E-state index >= 15 is 0 Å². The Kier molecular flexibility index (Phi) is 5.53. The molecule has 9 heteroatoms. The highest BCUT2D eigenvalue weighted by molar-refractivity contribution is 6.76. The van der Waals surface area contributed by atoms with Crippen LogP contribution in [0, 0.1) is 21.4 Å². The molecule has 0 fully saturated rings. The third-order valence-corrected chi connectivity index (χ3v) is 6.06. The molecule has 3 rings (SSSR count). The summed E-state index contributed by atoms with van der Waals surface area (Å²) in [5, 5.41) is 25.6. The third-order valence-electron chi connectivity index (χ3n) is 4.35. The highest BCUT2D eigenvalue weighted by atomic mass is 28.3. The Balaban J connectivity index is 1.92. The Bertz CT molecular complexity index is 1050. The van der Waals surface area contributed by atoms with Crippen LogP contribution in [0.5, 0.6) is 0 Å². The Labute approximate surface area is 163 Å². The monoisotopic (exact) mass is 395 g/mol. The van der Waals surface area contributed by atoms with Crippen molar-refractivity contribution in [3.8, 4) is 17.2 Å². The molecule has 0 amide bonds. The van der Waals surface area contributed by atoms with Gasteiger partial charge in [-0.3, -0.25) is 10.1 Å². The summed E-state index contributed by atoms with van der Waals surface area (Å²) in [7, 11) is -1.18. The molecule has 28 heavy (non-hydrogen) atoms. The second kappa shape index (κ2) is 7.88. The zero-order valence-corrected chi connectivity index (χ0v) is 17.0. The van der Waals surface area contributed by atoms with E-state index in [0.717, 1.165) is 11.4 Å². The van der Waals surface area contributed by atoms with Crippen LogP contribution in [0.15, 0.2) is 36.7 Å². The van der Waals surface area contributed by atoms with Gasteiger partial charge in [0.05, 0.1) is 22.2 Å². The maximum atomic E-state index is 11.6. The summed E-state index contributed by atoms with van der Waals surface area (Å²) in [6.45, 7) is 7.74. The van der Waals surface area contributed by atoms with E-state index in [9.17, 15) is 10.1 Å². The van der Waals surface area contributed by atoms with E-state index in [4.69, 9.17) is 10.00 Å². The van der Waals surface area contributed by atoms with Crippen molar-refractivity contribution in [2.45, 2.75) is 32.4 Å². The molecule has 0 aliphatic rings. The van der Waals surface area contributed by atoms with Crippen LogP contribution >= 0.6 is 0 Å². The number of ether oxygens (including phenoxy) is 1. The maximum absolute atomic E-state index is 11.6. The van der Waals surface area contributed by atoms with Crippen molar-refractivity contribution in [1.82, 2.24) is 14.8 Å². The van der Waals surface area contributed by atoms with Gasteiger partial charge in [-0.05, 0) is 24.2 Å². The number of rotatable bonds is 7. The number of fused-ring (bicyclic) bond motifs is 1. The first-order valence-electron chi connectivity index (χ1n) is 8.87. The molecule has 0 unspecified atom stereocenters. The van der Waals surface area contributed by atoms with Crippen molar-refractivity contribution >= 4 is 24.7 Å². The Morgan fingerprint density at radius 1 is 1.29 bits per heavy atom. The van der Waals surface area contributed by atoms with Crippen LogP contribution < -0.4 is 0 Å². The van der Waals surface area contributed by atoms with Crippen molar-refractivity contribution in [2.75, 3.05) is 6.61 Å². The first-order chi connectivity index (χ1) is 13.3. The lowest BCUT2D eigenvalue weighted by Gasteiger charge is -2.15. The molecule has 2 aromatic heterocycles. The van der Waals surface area contributed by atoms with Crippen LogP contribution in [-0.4, -0.2) is 34.4 Å². The zero-order chi connectivity index (χ0) is 20.3. The van der Waals surface area contributed by atoms with E-state index in [2.05, 4.69) is 29.7 Å². The van der Waals surface area contributed by atoms with E-state index < -0.39 is 13.0 Å². The predicted molar refractivity (Wildman–Crippen MR) is 108 cm³/mol. The molecule has 0 aliphatic carbocycles. The summed E-state index contributed by atoms with van der Waals surface area (Å²) in [6.07, 6.45) is 3.14. The van der Waals surface area contributed by atoms with Crippen molar-refractivity contribution < 1.29 is 9.66 Å². The molecule has 8 nitrogen and oxygen atoms in total. The van der Waals surface area contributed by atoms with Gasteiger partial charge in [-0.2, -0.15) is 10.4 Å². The van der Waals surface area contributed by atoms with E-state index in [1.165, 1.54) is 12.3 Å². The molecule has 0 N–H and O–H groups in total. The van der Waals surface area contributed by atoms with Crippen LogP contribution in [0.3, 0.4) is 0 Å². The molecular weight excluding hydrogens is 374 g/mol. The van der Waals surface area contributed by atoms with Gasteiger partial charge in [0.15, 0.2) is 0 Å². The number of aromatic nitrogens is 3. The van der Waals surface area contributed by atoms with E-state index in [0.29, 0.717) is 23.3 Å². The average molecular weight is 395 g/mol. The Morgan fingerprint density at radius 2 is 2.07 bits per heavy atom. The lowest BCUT2D eigenvalue weighted by Crippen LogP contribution is -2.22. The molecule has 1 aromatic carbocycles. The number of nitriles is 1. The van der Waals surface area contributed by atoms with Crippen molar-refractivity contribution in [2.24, 2.45) is 0 Å². The lowest BCUT2D eigenvalue weighted by atomic mass is 10.0. The molecule has 0 radical (unpaired) electrons. The highest BCUT2D eigenvalue weighted by Gasteiger charge is 2.19. The normalized spacial score (nSPS) is 11.5. The van der Waals surface area contributed by atoms with Crippen LogP contribution in [0.25, 0.3) is 22.0 Å². The predicted octanol–water partition coefficient (Wildman–Crippen LogP) is 4.19. The van der Waals surface area contributed by atoms with Gasteiger partial charge in [0.25, 0.3) is 5.69 Å². The van der Waals surface area contributed by atoms with Gasteiger partial charge < -0.3 is 4.74 Å². The summed E-state index contributed by atoms with van der Waals surface area (Å²) >= 11 is 0. The number of nitro benzene ring substituents is 1. The number of hydrogen-bond donors (Lipinski definition) is 0. The molecule has 0 atom stereocenters. The van der Waals surface area contributed by atoms with Crippen molar-refractivity contribution in [3.63, 3.8) is 0 Å². The first-order valence-corrected chi connectivity index (χ1v) is 12.6. The minimum absolute atomic E-state index is 0.0390. The average Bonchev–Trinajstić information content (AvgIpc) is 3.05. The molecule has 0 saturated heterocycles.